The number of aromatic nitrogens is 3. The Labute approximate surface area is 101 Å². The molecule has 0 aromatic carbocycles. The summed E-state index contributed by atoms with van der Waals surface area (Å²) in [6.45, 7) is 6.11. The number of aliphatic hydroxyl groups is 1. The minimum absolute atomic E-state index is 0.0296. The Balaban J connectivity index is 2.19. The van der Waals surface area contributed by atoms with E-state index in [4.69, 9.17) is 5.73 Å². The largest absolute Gasteiger partial charge is 0.391 e. The lowest BCUT2D eigenvalue weighted by atomic mass is 10.1. The average molecular weight is 239 g/mol. The Bertz CT molecular complexity index is 395. The number of nitrogens with zero attached hydrogens (tertiary/aromatic N) is 3. The summed E-state index contributed by atoms with van der Waals surface area (Å²) in [4.78, 5) is 4.18. The van der Waals surface area contributed by atoms with Crippen molar-refractivity contribution in [1.82, 2.24) is 14.8 Å². The minimum atomic E-state index is -0.360. The highest BCUT2D eigenvalue weighted by molar-refractivity contribution is 5.34. The van der Waals surface area contributed by atoms with Gasteiger partial charge in [0, 0.05) is 5.54 Å². The van der Waals surface area contributed by atoms with Crippen molar-refractivity contribution < 1.29 is 5.11 Å². The lowest BCUT2D eigenvalue weighted by Gasteiger charge is -2.19. The quantitative estimate of drug-likeness (QED) is 0.720. The highest BCUT2D eigenvalue weighted by Gasteiger charge is 2.30. The minimum Gasteiger partial charge on any atom is -0.391 e. The molecule has 6 heteroatoms. The predicted octanol–water partition coefficient (Wildman–Crippen LogP) is 1.16. The van der Waals surface area contributed by atoms with Crippen molar-refractivity contribution in [3.8, 4) is 0 Å². The van der Waals surface area contributed by atoms with Crippen LogP contribution < -0.4 is 11.1 Å². The highest BCUT2D eigenvalue weighted by atomic mass is 16.3. The van der Waals surface area contributed by atoms with Crippen LogP contribution in [0.4, 0.5) is 11.9 Å². The van der Waals surface area contributed by atoms with Crippen LogP contribution in [0, 0.1) is 0 Å². The number of nitrogens with two attached hydrogens (primary N) is 1. The van der Waals surface area contributed by atoms with E-state index in [9.17, 15) is 5.11 Å². The fraction of sp³-hybridized carbons (Fsp3) is 0.818. The van der Waals surface area contributed by atoms with Crippen molar-refractivity contribution in [3.63, 3.8) is 0 Å². The Hall–Kier alpha value is -1.30. The van der Waals surface area contributed by atoms with Crippen molar-refractivity contribution >= 4 is 11.9 Å². The zero-order valence-corrected chi connectivity index (χ0v) is 10.6. The Morgan fingerprint density at radius 3 is 2.65 bits per heavy atom. The van der Waals surface area contributed by atoms with Crippen LogP contribution in [-0.4, -0.2) is 31.5 Å². The summed E-state index contributed by atoms with van der Waals surface area (Å²) in [5, 5.41) is 17.4. The number of rotatable bonds is 2. The summed E-state index contributed by atoms with van der Waals surface area (Å²) < 4.78 is 1.64. The molecule has 2 unspecified atom stereocenters. The van der Waals surface area contributed by atoms with E-state index in [0.717, 1.165) is 19.3 Å². The zero-order chi connectivity index (χ0) is 12.6. The molecule has 4 N–H and O–H groups in total. The topological polar surface area (TPSA) is 89.0 Å². The van der Waals surface area contributed by atoms with Gasteiger partial charge in [-0.15, -0.1) is 5.10 Å². The second kappa shape index (κ2) is 4.18. The third kappa shape index (κ3) is 2.69. The van der Waals surface area contributed by atoms with Crippen molar-refractivity contribution in [2.45, 2.75) is 57.7 Å². The molecule has 1 aromatic rings. The molecule has 96 valence electrons. The molecule has 0 spiro atoms. The van der Waals surface area contributed by atoms with E-state index in [1.165, 1.54) is 0 Å². The van der Waals surface area contributed by atoms with Gasteiger partial charge in [-0.05, 0) is 40.0 Å². The number of nitrogens with one attached hydrogen (secondary N) is 1. The number of hydrogen-bond donors (Lipinski definition) is 3. The van der Waals surface area contributed by atoms with Crippen LogP contribution in [0.2, 0.25) is 0 Å². The van der Waals surface area contributed by atoms with Gasteiger partial charge in [-0.2, -0.15) is 4.98 Å². The molecule has 0 radical (unpaired) electrons. The fourth-order valence-electron chi connectivity index (χ4n) is 2.17. The first-order valence-corrected chi connectivity index (χ1v) is 6.05. The van der Waals surface area contributed by atoms with E-state index < -0.39 is 0 Å². The first kappa shape index (κ1) is 12.2. The molecule has 0 saturated heterocycles. The molecule has 2 rings (SSSR count). The molecule has 0 aliphatic heterocycles. The highest BCUT2D eigenvalue weighted by Crippen LogP contribution is 2.31. The van der Waals surface area contributed by atoms with Crippen LogP contribution in [0.25, 0.3) is 0 Å². The first-order chi connectivity index (χ1) is 7.87. The van der Waals surface area contributed by atoms with Gasteiger partial charge in [0.1, 0.15) is 0 Å². The Kier molecular flexibility index (Phi) is 2.99. The maximum absolute atomic E-state index is 9.84. The third-order valence-electron chi connectivity index (χ3n) is 2.90. The second-order valence-corrected chi connectivity index (χ2v) is 5.68. The lowest BCUT2D eigenvalue weighted by Crippen LogP contribution is -2.27. The summed E-state index contributed by atoms with van der Waals surface area (Å²) >= 11 is 0. The van der Waals surface area contributed by atoms with Gasteiger partial charge in [-0.1, -0.05) is 0 Å². The van der Waals surface area contributed by atoms with Crippen molar-refractivity contribution in [1.29, 1.82) is 0 Å². The molecular formula is C11H21N5O. The van der Waals surface area contributed by atoms with E-state index in [-0.39, 0.29) is 17.7 Å². The molecule has 1 aliphatic carbocycles. The van der Waals surface area contributed by atoms with E-state index in [0.29, 0.717) is 11.9 Å². The SMILES string of the molecule is CC(C)(C)Nc1nc(N)n(C2CCCC2O)n1. The molecule has 1 aliphatic rings. The normalized spacial score (nSPS) is 25.2. The van der Waals surface area contributed by atoms with Crippen molar-refractivity contribution in [2.24, 2.45) is 0 Å². The standard InChI is InChI=1S/C11H21N5O/c1-11(2,3)14-10-13-9(12)16(15-10)7-5-4-6-8(7)17/h7-8,17H,4-6H2,1-3H3,(H3,12,13,14,15). The predicted molar refractivity (Wildman–Crippen MR) is 66.7 cm³/mol. The van der Waals surface area contributed by atoms with Gasteiger partial charge in [-0.3, -0.25) is 0 Å². The van der Waals surface area contributed by atoms with Crippen LogP contribution in [0.5, 0.6) is 0 Å². The summed E-state index contributed by atoms with van der Waals surface area (Å²) in [5.41, 5.74) is 5.74. The van der Waals surface area contributed by atoms with Crippen molar-refractivity contribution in [3.05, 3.63) is 0 Å². The molecule has 1 heterocycles. The Morgan fingerprint density at radius 2 is 2.12 bits per heavy atom. The molecule has 1 aromatic heterocycles. The molecule has 1 saturated carbocycles. The molecule has 0 amide bonds. The number of anilines is 2. The number of hydrogen-bond acceptors (Lipinski definition) is 5. The Morgan fingerprint density at radius 1 is 1.41 bits per heavy atom. The second-order valence-electron chi connectivity index (χ2n) is 5.68. The smallest absolute Gasteiger partial charge is 0.244 e. The van der Waals surface area contributed by atoms with Crippen LogP contribution in [0.3, 0.4) is 0 Å². The summed E-state index contributed by atoms with van der Waals surface area (Å²) in [7, 11) is 0. The van der Waals surface area contributed by atoms with Crippen LogP contribution in [0.15, 0.2) is 0 Å². The maximum atomic E-state index is 9.84. The van der Waals surface area contributed by atoms with E-state index in [2.05, 4.69) is 15.4 Å². The molecular weight excluding hydrogens is 218 g/mol. The number of nitrogen functional groups attached to an aromatic ring is 1. The summed E-state index contributed by atoms with van der Waals surface area (Å²) in [6, 6.07) is -0.0296. The van der Waals surface area contributed by atoms with E-state index in [1.54, 1.807) is 4.68 Å². The van der Waals surface area contributed by atoms with Crippen LogP contribution in [-0.2, 0) is 0 Å². The van der Waals surface area contributed by atoms with Gasteiger partial charge in [0.05, 0.1) is 12.1 Å². The van der Waals surface area contributed by atoms with E-state index in [1.807, 2.05) is 20.8 Å². The van der Waals surface area contributed by atoms with Gasteiger partial charge in [-0.25, -0.2) is 4.68 Å². The third-order valence-corrected chi connectivity index (χ3v) is 2.90. The molecule has 17 heavy (non-hydrogen) atoms. The monoisotopic (exact) mass is 239 g/mol. The van der Waals surface area contributed by atoms with Crippen LogP contribution in [0.1, 0.15) is 46.1 Å². The van der Waals surface area contributed by atoms with Crippen LogP contribution >= 0.6 is 0 Å². The maximum Gasteiger partial charge on any atom is 0.244 e. The van der Waals surface area contributed by atoms with Gasteiger partial charge in [0.25, 0.3) is 0 Å². The van der Waals surface area contributed by atoms with Crippen molar-refractivity contribution in [2.75, 3.05) is 11.1 Å². The number of aliphatic hydroxyl groups excluding tert-OH is 1. The zero-order valence-electron chi connectivity index (χ0n) is 10.6. The summed E-state index contributed by atoms with van der Waals surface area (Å²) in [6.07, 6.45) is 2.37. The molecule has 1 fully saturated rings. The lowest BCUT2D eigenvalue weighted by molar-refractivity contribution is 0.131. The molecule has 2 atom stereocenters. The van der Waals surface area contributed by atoms with Gasteiger partial charge >= 0.3 is 0 Å². The first-order valence-electron chi connectivity index (χ1n) is 6.05. The molecule has 6 nitrogen and oxygen atoms in total. The van der Waals surface area contributed by atoms with Gasteiger partial charge in [0.2, 0.25) is 11.9 Å². The fourth-order valence-corrected chi connectivity index (χ4v) is 2.17. The van der Waals surface area contributed by atoms with Gasteiger partial charge < -0.3 is 16.2 Å². The van der Waals surface area contributed by atoms with Gasteiger partial charge in [0.15, 0.2) is 0 Å². The summed E-state index contributed by atoms with van der Waals surface area (Å²) in [5.74, 6) is 0.886. The van der Waals surface area contributed by atoms with E-state index >= 15 is 0 Å². The molecule has 0 bridgehead atoms. The average Bonchev–Trinajstić information content (AvgIpc) is 2.70.